The Bertz CT molecular complexity index is 297. The molecule has 0 spiro atoms. The van der Waals surface area contributed by atoms with Gasteiger partial charge in [0.2, 0.25) is 0 Å². The molecule has 0 unspecified atom stereocenters. The average Bonchev–Trinajstić information content (AvgIpc) is 2.25. The first kappa shape index (κ1) is 22.1. The molecule has 0 aliphatic heterocycles. The van der Waals surface area contributed by atoms with Crippen LogP contribution in [0.5, 0.6) is 0 Å². The summed E-state index contributed by atoms with van der Waals surface area (Å²) in [4.78, 5) is 0. The van der Waals surface area contributed by atoms with Crippen molar-refractivity contribution in [1.82, 2.24) is 5.32 Å². The highest BCUT2D eigenvalue weighted by atomic mass is 32.3. The Morgan fingerprint density at radius 2 is 1.50 bits per heavy atom. The monoisotopic (exact) mass is 311 g/mol. The number of hydrogen-bond donors (Lipinski definition) is 2. The number of hydrogen-bond acceptors (Lipinski definition) is 4. The van der Waals surface area contributed by atoms with Crippen LogP contribution >= 0.6 is 0 Å². The van der Waals surface area contributed by atoms with E-state index in [1.165, 1.54) is 52.0 Å². The first-order valence-corrected chi connectivity index (χ1v) is 8.85. The molecule has 6 heteroatoms. The summed E-state index contributed by atoms with van der Waals surface area (Å²) < 4.78 is 30.7. The number of nitrogens with one attached hydrogen (secondary N) is 1. The Kier molecular flexibility index (Phi) is 13.9. The Morgan fingerprint density at radius 1 is 1.00 bits per heavy atom. The molecule has 0 fully saturated rings. The standard InChI is InChI=1S/C12H27N.C2H6O4S/c1-5-6-7-8-9-10-11-13-12(2,3)4;1-2-6-7(3,4)5/h13H,5-11H2,1-4H3;2H2,1H3,(H,3,4,5). The molecule has 0 amide bonds. The Hall–Kier alpha value is -0.170. The summed E-state index contributed by atoms with van der Waals surface area (Å²) in [5.41, 5.74) is 0.295. The van der Waals surface area contributed by atoms with Gasteiger partial charge in [0, 0.05) is 5.54 Å². The van der Waals surface area contributed by atoms with Gasteiger partial charge in [0.15, 0.2) is 0 Å². The van der Waals surface area contributed by atoms with Crippen LogP contribution in [0, 0.1) is 0 Å². The third-order valence-corrected chi connectivity index (χ3v) is 2.99. The lowest BCUT2D eigenvalue weighted by molar-refractivity contribution is 0.283. The van der Waals surface area contributed by atoms with Crippen LogP contribution in [0.2, 0.25) is 0 Å². The number of rotatable bonds is 9. The van der Waals surface area contributed by atoms with E-state index in [-0.39, 0.29) is 6.61 Å². The molecule has 0 saturated heterocycles. The van der Waals surface area contributed by atoms with Gasteiger partial charge in [-0.2, -0.15) is 8.42 Å². The fourth-order valence-electron chi connectivity index (χ4n) is 1.52. The van der Waals surface area contributed by atoms with E-state index in [2.05, 4.69) is 37.2 Å². The minimum Gasteiger partial charge on any atom is -0.312 e. The first-order chi connectivity index (χ1) is 9.12. The maximum Gasteiger partial charge on any atom is 0.397 e. The molecular weight excluding hydrogens is 278 g/mol. The fourth-order valence-corrected chi connectivity index (χ4v) is 1.82. The van der Waals surface area contributed by atoms with E-state index in [4.69, 9.17) is 4.55 Å². The van der Waals surface area contributed by atoms with E-state index in [9.17, 15) is 8.42 Å². The summed E-state index contributed by atoms with van der Waals surface area (Å²) in [7, 11) is -4.17. The third kappa shape index (κ3) is 26.4. The van der Waals surface area contributed by atoms with Crippen molar-refractivity contribution < 1.29 is 17.2 Å². The lowest BCUT2D eigenvalue weighted by Crippen LogP contribution is -2.36. The minimum absolute atomic E-state index is 0.0289. The van der Waals surface area contributed by atoms with Gasteiger partial charge in [-0.15, -0.1) is 0 Å². The van der Waals surface area contributed by atoms with Crippen molar-refractivity contribution in [3.63, 3.8) is 0 Å². The van der Waals surface area contributed by atoms with Crippen molar-refractivity contribution in [2.45, 2.75) is 78.7 Å². The smallest absolute Gasteiger partial charge is 0.312 e. The van der Waals surface area contributed by atoms with Crippen molar-refractivity contribution in [2.24, 2.45) is 0 Å². The molecule has 0 aliphatic carbocycles. The molecule has 0 rings (SSSR count). The average molecular weight is 311 g/mol. The second-order valence-corrected chi connectivity index (χ2v) is 6.87. The van der Waals surface area contributed by atoms with Crippen LogP contribution in [0.15, 0.2) is 0 Å². The van der Waals surface area contributed by atoms with E-state index in [0.717, 1.165) is 0 Å². The van der Waals surface area contributed by atoms with E-state index in [1.807, 2.05) is 0 Å². The van der Waals surface area contributed by atoms with Gasteiger partial charge >= 0.3 is 10.4 Å². The van der Waals surface area contributed by atoms with Gasteiger partial charge in [-0.3, -0.25) is 4.55 Å². The number of unbranched alkanes of at least 4 members (excludes halogenated alkanes) is 5. The molecule has 0 bridgehead atoms. The molecule has 0 aliphatic rings. The van der Waals surface area contributed by atoms with E-state index in [0.29, 0.717) is 5.54 Å². The van der Waals surface area contributed by atoms with Gasteiger partial charge < -0.3 is 5.32 Å². The SMILES string of the molecule is CCCCCCCCNC(C)(C)C.CCOS(=O)(=O)O. The lowest BCUT2D eigenvalue weighted by Gasteiger charge is -2.20. The zero-order valence-electron chi connectivity index (χ0n) is 13.7. The van der Waals surface area contributed by atoms with E-state index in [1.54, 1.807) is 0 Å². The van der Waals surface area contributed by atoms with Crippen LogP contribution in [-0.4, -0.2) is 31.7 Å². The van der Waals surface area contributed by atoms with Crippen LogP contribution in [0.1, 0.15) is 73.1 Å². The summed E-state index contributed by atoms with van der Waals surface area (Å²) in [6.07, 6.45) is 8.32. The maximum absolute atomic E-state index is 9.56. The van der Waals surface area contributed by atoms with Crippen molar-refractivity contribution >= 4 is 10.4 Å². The second-order valence-electron chi connectivity index (χ2n) is 5.78. The Morgan fingerprint density at radius 3 is 1.85 bits per heavy atom. The second kappa shape index (κ2) is 12.6. The van der Waals surface area contributed by atoms with Gasteiger partial charge in [0.25, 0.3) is 0 Å². The van der Waals surface area contributed by atoms with Crippen molar-refractivity contribution in [2.75, 3.05) is 13.2 Å². The maximum atomic E-state index is 9.56. The highest BCUT2D eigenvalue weighted by Crippen LogP contribution is 2.05. The van der Waals surface area contributed by atoms with Crippen molar-refractivity contribution in [1.29, 1.82) is 0 Å². The predicted octanol–water partition coefficient (Wildman–Crippen LogP) is 3.56. The third-order valence-electron chi connectivity index (χ3n) is 2.45. The van der Waals surface area contributed by atoms with Crippen LogP contribution in [0.4, 0.5) is 0 Å². The van der Waals surface area contributed by atoms with Crippen LogP contribution in [0.25, 0.3) is 0 Å². The van der Waals surface area contributed by atoms with Gasteiger partial charge in [-0.1, -0.05) is 39.0 Å². The van der Waals surface area contributed by atoms with E-state index >= 15 is 0 Å². The van der Waals surface area contributed by atoms with E-state index < -0.39 is 10.4 Å². The minimum atomic E-state index is -4.17. The summed E-state index contributed by atoms with van der Waals surface area (Å²) in [5, 5.41) is 3.51. The zero-order valence-corrected chi connectivity index (χ0v) is 14.6. The topological polar surface area (TPSA) is 75.6 Å². The van der Waals surface area contributed by atoms with Crippen LogP contribution < -0.4 is 5.32 Å². The van der Waals surface area contributed by atoms with Gasteiger partial charge in [0.1, 0.15) is 0 Å². The van der Waals surface area contributed by atoms with Crippen LogP contribution in [-0.2, 0) is 14.6 Å². The molecule has 0 radical (unpaired) electrons. The quantitative estimate of drug-likeness (QED) is 0.503. The van der Waals surface area contributed by atoms with Gasteiger partial charge in [0.05, 0.1) is 6.61 Å². The zero-order chi connectivity index (χ0) is 16.1. The molecule has 5 nitrogen and oxygen atoms in total. The molecule has 0 heterocycles. The molecule has 0 atom stereocenters. The molecule has 2 N–H and O–H groups in total. The summed E-state index contributed by atoms with van der Waals surface area (Å²) in [5.74, 6) is 0. The fraction of sp³-hybridized carbons (Fsp3) is 1.00. The molecule has 20 heavy (non-hydrogen) atoms. The van der Waals surface area contributed by atoms with Crippen molar-refractivity contribution in [3.05, 3.63) is 0 Å². The normalized spacial score (nSPS) is 11.9. The van der Waals surface area contributed by atoms with Crippen LogP contribution in [0.3, 0.4) is 0 Å². The molecular formula is C14H33NO4S. The molecule has 0 saturated carbocycles. The summed E-state index contributed by atoms with van der Waals surface area (Å²) in [6, 6.07) is 0. The highest BCUT2D eigenvalue weighted by molar-refractivity contribution is 7.80. The first-order valence-electron chi connectivity index (χ1n) is 7.49. The molecule has 124 valence electrons. The Labute approximate surface area is 125 Å². The molecule has 0 aromatic rings. The lowest BCUT2D eigenvalue weighted by atomic mass is 10.1. The summed E-state index contributed by atoms with van der Waals surface area (Å²) in [6.45, 7) is 11.6. The largest absolute Gasteiger partial charge is 0.397 e. The Balaban J connectivity index is 0. The molecule has 0 aromatic heterocycles. The van der Waals surface area contributed by atoms with Gasteiger partial charge in [-0.25, -0.2) is 4.18 Å². The highest BCUT2D eigenvalue weighted by Gasteiger charge is 2.06. The summed E-state index contributed by atoms with van der Waals surface area (Å²) >= 11 is 0. The van der Waals surface area contributed by atoms with Crippen molar-refractivity contribution in [3.8, 4) is 0 Å². The van der Waals surface area contributed by atoms with Gasteiger partial charge in [-0.05, 0) is 40.7 Å². The predicted molar refractivity (Wildman–Crippen MR) is 84.3 cm³/mol. The molecule has 0 aromatic carbocycles.